The van der Waals surface area contributed by atoms with Crippen molar-refractivity contribution in [1.29, 1.82) is 0 Å². The minimum Gasteiger partial charge on any atom is -0.459 e. The van der Waals surface area contributed by atoms with E-state index in [2.05, 4.69) is 5.16 Å². The summed E-state index contributed by atoms with van der Waals surface area (Å²) in [5.74, 6) is -0.0529. The molecule has 0 aliphatic carbocycles. The summed E-state index contributed by atoms with van der Waals surface area (Å²) >= 11 is 0. The fourth-order valence-electron chi connectivity index (χ4n) is 3.57. The first-order valence-corrected chi connectivity index (χ1v) is 11.6. The first-order valence-electron chi connectivity index (χ1n) is 10.2. The first-order chi connectivity index (χ1) is 14.9. The quantitative estimate of drug-likeness (QED) is 0.542. The van der Waals surface area contributed by atoms with Gasteiger partial charge in [0.15, 0.2) is 5.76 Å². The lowest BCUT2D eigenvalue weighted by Gasteiger charge is -2.30. The highest BCUT2D eigenvalue weighted by atomic mass is 32.2. The van der Waals surface area contributed by atoms with Crippen LogP contribution >= 0.6 is 0 Å². The van der Waals surface area contributed by atoms with Gasteiger partial charge in [0.2, 0.25) is 10.0 Å². The van der Waals surface area contributed by atoms with E-state index in [1.165, 1.54) is 4.31 Å². The summed E-state index contributed by atoms with van der Waals surface area (Å²) in [5.41, 5.74) is 2.43. The number of aromatic nitrogens is 1. The zero-order valence-corrected chi connectivity index (χ0v) is 18.0. The van der Waals surface area contributed by atoms with Crippen LogP contribution in [0.3, 0.4) is 0 Å². The number of rotatable bonds is 6. The van der Waals surface area contributed by atoms with E-state index >= 15 is 0 Å². The number of ether oxygens (including phenoxy) is 1. The Labute approximate surface area is 181 Å². The van der Waals surface area contributed by atoms with Gasteiger partial charge >= 0.3 is 5.97 Å². The fourth-order valence-corrected chi connectivity index (χ4v) is 5.04. The standard InChI is InChI=1S/C23H24N2O5S/c1-17-7-9-21(10-8-17)31(27,28)25-13-11-19(12-14-25)23(26)29-16-20-15-22(30-24-20)18-5-3-2-4-6-18/h2-10,15,19H,11-14,16H2,1H3. The van der Waals surface area contributed by atoms with Crippen molar-refractivity contribution >= 4 is 16.0 Å². The van der Waals surface area contributed by atoms with Gasteiger partial charge in [-0.2, -0.15) is 4.31 Å². The zero-order valence-electron chi connectivity index (χ0n) is 17.2. The van der Waals surface area contributed by atoms with Crippen molar-refractivity contribution in [3.63, 3.8) is 0 Å². The molecule has 8 heteroatoms. The number of carbonyl (C=O) groups is 1. The van der Waals surface area contributed by atoms with Gasteiger partial charge in [0.25, 0.3) is 0 Å². The minimum atomic E-state index is -3.55. The van der Waals surface area contributed by atoms with E-state index in [4.69, 9.17) is 9.26 Å². The lowest BCUT2D eigenvalue weighted by molar-refractivity contribution is -0.151. The third-order valence-electron chi connectivity index (χ3n) is 5.43. The summed E-state index contributed by atoms with van der Waals surface area (Å²) < 4.78 is 37.7. The van der Waals surface area contributed by atoms with Gasteiger partial charge in [-0.1, -0.05) is 53.2 Å². The number of benzene rings is 2. The Balaban J connectivity index is 1.30. The molecule has 0 atom stereocenters. The van der Waals surface area contributed by atoms with Crippen LogP contribution in [0.15, 0.2) is 70.1 Å². The molecular formula is C23H24N2O5S. The smallest absolute Gasteiger partial charge is 0.309 e. The Kier molecular flexibility index (Phi) is 6.20. The Hall–Kier alpha value is -2.97. The summed E-state index contributed by atoms with van der Waals surface area (Å²) in [6, 6.07) is 18.1. The predicted octanol–water partition coefficient (Wildman–Crippen LogP) is 3.79. The van der Waals surface area contributed by atoms with Gasteiger partial charge in [-0.15, -0.1) is 0 Å². The molecule has 162 valence electrons. The molecule has 3 aromatic rings. The summed E-state index contributed by atoms with van der Waals surface area (Å²) in [7, 11) is -3.55. The highest BCUT2D eigenvalue weighted by molar-refractivity contribution is 7.89. The fraction of sp³-hybridized carbons (Fsp3) is 0.304. The maximum Gasteiger partial charge on any atom is 0.309 e. The lowest BCUT2D eigenvalue weighted by Crippen LogP contribution is -2.40. The Morgan fingerprint density at radius 2 is 1.77 bits per heavy atom. The van der Waals surface area contributed by atoms with Gasteiger partial charge in [0, 0.05) is 24.7 Å². The van der Waals surface area contributed by atoms with E-state index in [-0.39, 0.29) is 36.5 Å². The van der Waals surface area contributed by atoms with Crippen LogP contribution in [0.2, 0.25) is 0 Å². The van der Waals surface area contributed by atoms with Crippen LogP contribution in [0.1, 0.15) is 24.1 Å². The summed E-state index contributed by atoms with van der Waals surface area (Å²) in [5, 5.41) is 3.95. The van der Waals surface area contributed by atoms with Crippen molar-refractivity contribution in [3.8, 4) is 11.3 Å². The third kappa shape index (κ3) is 4.86. The van der Waals surface area contributed by atoms with E-state index in [1.807, 2.05) is 37.3 Å². The van der Waals surface area contributed by atoms with Crippen LogP contribution < -0.4 is 0 Å². The summed E-state index contributed by atoms with van der Waals surface area (Å²) in [6.07, 6.45) is 0.857. The number of aryl methyl sites for hydroxylation is 1. The van der Waals surface area contributed by atoms with Gasteiger partial charge in [0.05, 0.1) is 10.8 Å². The van der Waals surface area contributed by atoms with Gasteiger partial charge in [0.1, 0.15) is 12.3 Å². The number of hydrogen-bond donors (Lipinski definition) is 0. The molecule has 0 amide bonds. The van der Waals surface area contributed by atoms with Crippen LogP contribution in [-0.4, -0.2) is 36.9 Å². The molecule has 1 saturated heterocycles. The number of esters is 1. The molecule has 0 N–H and O–H groups in total. The van der Waals surface area contributed by atoms with E-state index in [1.54, 1.807) is 30.3 Å². The van der Waals surface area contributed by atoms with Crippen LogP contribution in [-0.2, 0) is 26.2 Å². The molecule has 0 bridgehead atoms. The van der Waals surface area contributed by atoms with Gasteiger partial charge < -0.3 is 9.26 Å². The largest absolute Gasteiger partial charge is 0.459 e. The second kappa shape index (κ2) is 9.03. The number of carbonyl (C=O) groups excluding carboxylic acids is 1. The molecular weight excluding hydrogens is 416 g/mol. The SMILES string of the molecule is Cc1ccc(S(=O)(=O)N2CCC(C(=O)OCc3cc(-c4ccccc4)on3)CC2)cc1. The number of hydrogen-bond acceptors (Lipinski definition) is 6. The van der Waals surface area contributed by atoms with Crippen LogP contribution in [0, 0.1) is 12.8 Å². The molecule has 1 aliphatic heterocycles. The molecule has 2 heterocycles. The highest BCUT2D eigenvalue weighted by Crippen LogP contribution is 2.25. The molecule has 7 nitrogen and oxygen atoms in total. The van der Waals surface area contributed by atoms with Gasteiger partial charge in [-0.05, 0) is 31.9 Å². The Morgan fingerprint density at radius 1 is 1.10 bits per heavy atom. The molecule has 1 fully saturated rings. The molecule has 0 spiro atoms. The Morgan fingerprint density at radius 3 is 2.45 bits per heavy atom. The zero-order chi connectivity index (χ0) is 21.8. The third-order valence-corrected chi connectivity index (χ3v) is 7.34. The van der Waals surface area contributed by atoms with Crippen LogP contribution in [0.25, 0.3) is 11.3 Å². The summed E-state index contributed by atoms with van der Waals surface area (Å²) in [6.45, 7) is 2.52. The average molecular weight is 441 g/mol. The van der Waals surface area contributed by atoms with Crippen LogP contribution in [0.4, 0.5) is 0 Å². The lowest BCUT2D eigenvalue weighted by atomic mass is 9.98. The predicted molar refractivity (Wildman–Crippen MR) is 114 cm³/mol. The van der Waals surface area contributed by atoms with Crippen molar-refractivity contribution < 1.29 is 22.5 Å². The molecule has 0 unspecified atom stereocenters. The highest BCUT2D eigenvalue weighted by Gasteiger charge is 2.32. The molecule has 0 radical (unpaired) electrons. The Bertz CT molecular complexity index is 1130. The van der Waals surface area contributed by atoms with E-state index in [0.29, 0.717) is 24.3 Å². The monoisotopic (exact) mass is 440 g/mol. The van der Waals surface area contributed by atoms with E-state index < -0.39 is 10.0 Å². The maximum atomic E-state index is 12.8. The number of nitrogens with zero attached hydrogens (tertiary/aromatic N) is 2. The van der Waals surface area contributed by atoms with Crippen molar-refractivity contribution in [1.82, 2.24) is 9.46 Å². The topological polar surface area (TPSA) is 89.7 Å². The summed E-state index contributed by atoms with van der Waals surface area (Å²) in [4.78, 5) is 12.7. The van der Waals surface area contributed by atoms with Crippen molar-refractivity contribution in [2.24, 2.45) is 5.92 Å². The van der Waals surface area contributed by atoms with Gasteiger partial charge in [-0.3, -0.25) is 4.79 Å². The van der Waals surface area contributed by atoms with Crippen LogP contribution in [0.5, 0.6) is 0 Å². The maximum absolute atomic E-state index is 12.8. The minimum absolute atomic E-state index is 0.0248. The molecule has 31 heavy (non-hydrogen) atoms. The molecule has 4 rings (SSSR count). The molecule has 1 aliphatic rings. The second-order valence-corrected chi connectivity index (χ2v) is 9.59. The molecule has 0 saturated carbocycles. The van der Waals surface area contributed by atoms with E-state index in [0.717, 1.165) is 11.1 Å². The van der Waals surface area contributed by atoms with Crippen molar-refractivity contribution in [2.45, 2.75) is 31.3 Å². The van der Waals surface area contributed by atoms with Crippen molar-refractivity contribution in [3.05, 3.63) is 71.9 Å². The molecule has 1 aromatic heterocycles. The van der Waals surface area contributed by atoms with E-state index in [9.17, 15) is 13.2 Å². The number of sulfonamides is 1. The second-order valence-electron chi connectivity index (χ2n) is 7.65. The number of piperidine rings is 1. The van der Waals surface area contributed by atoms with Crippen molar-refractivity contribution in [2.75, 3.05) is 13.1 Å². The first kappa shape index (κ1) is 21.3. The average Bonchev–Trinajstić information content (AvgIpc) is 3.27. The van der Waals surface area contributed by atoms with Gasteiger partial charge in [-0.25, -0.2) is 8.42 Å². The molecule has 2 aromatic carbocycles. The normalized spacial score (nSPS) is 15.6.